The van der Waals surface area contributed by atoms with Crippen molar-refractivity contribution in [1.82, 2.24) is 0 Å². The van der Waals surface area contributed by atoms with Gasteiger partial charge in [-0.3, -0.25) is 14.4 Å². The van der Waals surface area contributed by atoms with Crippen molar-refractivity contribution in [2.24, 2.45) is 17.8 Å². The summed E-state index contributed by atoms with van der Waals surface area (Å²) in [4.78, 5) is 37.6. The highest BCUT2D eigenvalue weighted by Crippen LogP contribution is 2.17. The lowest BCUT2D eigenvalue weighted by Crippen LogP contribution is -2.30. The van der Waals surface area contributed by atoms with Crippen LogP contribution in [0.2, 0.25) is 0 Å². The van der Waals surface area contributed by atoms with Crippen LogP contribution in [0.3, 0.4) is 0 Å². The van der Waals surface area contributed by atoms with E-state index in [1.165, 1.54) is 109 Å². The van der Waals surface area contributed by atoms with Crippen molar-refractivity contribution in [1.29, 1.82) is 0 Å². The van der Waals surface area contributed by atoms with E-state index in [0.717, 1.165) is 75.5 Å². The van der Waals surface area contributed by atoms with Crippen LogP contribution in [-0.2, 0) is 28.6 Å². The monoisotopic (exact) mass is 709 g/mol. The number of esters is 3. The number of rotatable bonds is 37. The molecule has 2 atom stereocenters. The van der Waals surface area contributed by atoms with Gasteiger partial charge < -0.3 is 14.2 Å². The smallest absolute Gasteiger partial charge is 0.306 e. The highest BCUT2D eigenvalue weighted by atomic mass is 16.6. The zero-order valence-corrected chi connectivity index (χ0v) is 34.2. The molecule has 0 rings (SSSR count). The summed E-state index contributed by atoms with van der Waals surface area (Å²) in [7, 11) is 0. The van der Waals surface area contributed by atoms with E-state index >= 15 is 0 Å². The topological polar surface area (TPSA) is 78.9 Å². The van der Waals surface area contributed by atoms with E-state index in [1.807, 2.05) is 0 Å². The van der Waals surface area contributed by atoms with Gasteiger partial charge in [0, 0.05) is 19.3 Å². The molecule has 0 aromatic rings. The van der Waals surface area contributed by atoms with Crippen molar-refractivity contribution in [2.75, 3.05) is 13.2 Å². The van der Waals surface area contributed by atoms with Crippen LogP contribution >= 0.6 is 0 Å². The van der Waals surface area contributed by atoms with Crippen LogP contribution in [0.1, 0.15) is 228 Å². The summed E-state index contributed by atoms with van der Waals surface area (Å²) < 4.78 is 16.7. The van der Waals surface area contributed by atoms with Crippen molar-refractivity contribution >= 4 is 17.9 Å². The SMILES string of the molecule is CCC(C)CCCCCCCCC(=O)OC[C@@H](COC(=O)CCCCCCCCCCC(C)C)OC(=O)CCCCCCCCCCC(C)C. The van der Waals surface area contributed by atoms with Crippen LogP contribution in [0.15, 0.2) is 0 Å². The van der Waals surface area contributed by atoms with Crippen molar-refractivity contribution < 1.29 is 28.6 Å². The average Bonchev–Trinajstić information content (AvgIpc) is 3.08. The Bertz CT molecular complexity index is 778. The fourth-order valence-electron chi connectivity index (χ4n) is 6.32. The van der Waals surface area contributed by atoms with Gasteiger partial charge in [-0.25, -0.2) is 0 Å². The molecule has 0 saturated carbocycles. The largest absolute Gasteiger partial charge is 0.462 e. The molecule has 1 unspecified atom stereocenters. The fraction of sp³-hybridized carbons (Fsp3) is 0.932. The summed E-state index contributed by atoms with van der Waals surface area (Å²) in [6.45, 7) is 13.6. The Labute approximate surface area is 310 Å². The molecule has 0 saturated heterocycles. The first kappa shape index (κ1) is 48.4. The number of ether oxygens (including phenoxy) is 3. The van der Waals surface area contributed by atoms with E-state index in [-0.39, 0.29) is 31.1 Å². The zero-order valence-electron chi connectivity index (χ0n) is 34.2. The second-order valence-electron chi connectivity index (χ2n) is 16.2. The number of unbranched alkanes of at least 4 members (excludes halogenated alkanes) is 19. The van der Waals surface area contributed by atoms with Crippen LogP contribution in [0.5, 0.6) is 0 Å². The third-order valence-corrected chi connectivity index (χ3v) is 10.0. The van der Waals surface area contributed by atoms with Gasteiger partial charge in [-0.1, -0.05) is 189 Å². The molecule has 6 nitrogen and oxygen atoms in total. The molecule has 0 heterocycles. The molecule has 296 valence electrons. The Morgan fingerprint density at radius 2 is 0.700 bits per heavy atom. The molecule has 0 bridgehead atoms. The molecule has 0 radical (unpaired) electrons. The Morgan fingerprint density at radius 3 is 1.04 bits per heavy atom. The lowest BCUT2D eigenvalue weighted by Gasteiger charge is -2.18. The van der Waals surface area contributed by atoms with E-state index in [9.17, 15) is 14.4 Å². The summed E-state index contributed by atoms with van der Waals surface area (Å²) in [6.07, 6.45) is 31.0. The zero-order chi connectivity index (χ0) is 37.1. The molecule has 0 spiro atoms. The van der Waals surface area contributed by atoms with E-state index in [1.54, 1.807) is 0 Å². The number of carbonyl (C=O) groups is 3. The van der Waals surface area contributed by atoms with Crippen molar-refractivity contribution in [3.63, 3.8) is 0 Å². The quantitative estimate of drug-likeness (QED) is 0.0363. The van der Waals surface area contributed by atoms with Gasteiger partial charge in [0.15, 0.2) is 6.10 Å². The molecule has 0 aromatic carbocycles. The molecule has 0 aromatic heterocycles. The first-order valence-corrected chi connectivity index (χ1v) is 21.6. The minimum absolute atomic E-state index is 0.0678. The van der Waals surface area contributed by atoms with Gasteiger partial charge in [-0.05, 0) is 37.0 Å². The summed E-state index contributed by atoms with van der Waals surface area (Å²) in [5.41, 5.74) is 0. The minimum Gasteiger partial charge on any atom is -0.462 e. The van der Waals surface area contributed by atoms with Crippen LogP contribution in [-0.4, -0.2) is 37.2 Å². The molecule has 6 heteroatoms. The van der Waals surface area contributed by atoms with Crippen LogP contribution < -0.4 is 0 Å². The molecule has 0 fully saturated rings. The third kappa shape index (κ3) is 36.2. The van der Waals surface area contributed by atoms with Gasteiger partial charge in [0.05, 0.1) is 0 Å². The molecule has 0 aliphatic heterocycles. The second kappa shape index (κ2) is 35.8. The summed E-state index contributed by atoms with van der Waals surface area (Å²) in [5, 5.41) is 0. The first-order chi connectivity index (χ1) is 24.1. The van der Waals surface area contributed by atoms with E-state index < -0.39 is 6.10 Å². The van der Waals surface area contributed by atoms with E-state index in [2.05, 4.69) is 41.5 Å². The van der Waals surface area contributed by atoms with E-state index in [0.29, 0.717) is 19.3 Å². The number of hydrogen-bond donors (Lipinski definition) is 0. The summed E-state index contributed by atoms with van der Waals surface area (Å²) in [6, 6.07) is 0. The fourth-order valence-corrected chi connectivity index (χ4v) is 6.32. The van der Waals surface area contributed by atoms with Crippen LogP contribution in [0.25, 0.3) is 0 Å². The Hall–Kier alpha value is -1.59. The predicted molar refractivity (Wildman–Crippen MR) is 210 cm³/mol. The van der Waals surface area contributed by atoms with Gasteiger partial charge in [-0.15, -0.1) is 0 Å². The number of hydrogen-bond acceptors (Lipinski definition) is 6. The molecule has 50 heavy (non-hydrogen) atoms. The Balaban J connectivity index is 4.37. The maximum Gasteiger partial charge on any atom is 0.306 e. The molecular weight excluding hydrogens is 624 g/mol. The van der Waals surface area contributed by atoms with Crippen molar-refractivity contribution in [2.45, 2.75) is 234 Å². The highest BCUT2D eigenvalue weighted by molar-refractivity contribution is 5.71. The van der Waals surface area contributed by atoms with Gasteiger partial charge in [0.25, 0.3) is 0 Å². The predicted octanol–water partition coefficient (Wildman–Crippen LogP) is 13.3. The summed E-state index contributed by atoms with van der Waals surface area (Å²) in [5.74, 6) is 1.53. The molecular formula is C44H84O6. The van der Waals surface area contributed by atoms with Crippen LogP contribution in [0.4, 0.5) is 0 Å². The maximum atomic E-state index is 12.7. The lowest BCUT2D eigenvalue weighted by atomic mass is 10.00. The highest BCUT2D eigenvalue weighted by Gasteiger charge is 2.19. The van der Waals surface area contributed by atoms with Crippen molar-refractivity contribution in [3.05, 3.63) is 0 Å². The molecule has 0 N–H and O–H groups in total. The van der Waals surface area contributed by atoms with Crippen molar-refractivity contribution in [3.8, 4) is 0 Å². The van der Waals surface area contributed by atoms with Gasteiger partial charge in [0.2, 0.25) is 0 Å². The van der Waals surface area contributed by atoms with E-state index in [4.69, 9.17) is 14.2 Å². The lowest BCUT2D eigenvalue weighted by molar-refractivity contribution is -0.167. The van der Waals surface area contributed by atoms with Gasteiger partial charge >= 0.3 is 17.9 Å². The number of carbonyl (C=O) groups excluding carboxylic acids is 3. The summed E-state index contributed by atoms with van der Waals surface area (Å²) >= 11 is 0. The normalized spacial score (nSPS) is 12.7. The molecule has 0 aliphatic carbocycles. The van der Waals surface area contributed by atoms with Gasteiger partial charge in [-0.2, -0.15) is 0 Å². The maximum absolute atomic E-state index is 12.7. The Kier molecular flexibility index (Phi) is 34.7. The first-order valence-electron chi connectivity index (χ1n) is 21.6. The third-order valence-electron chi connectivity index (χ3n) is 10.0. The average molecular weight is 709 g/mol. The Morgan fingerprint density at radius 1 is 0.400 bits per heavy atom. The minimum atomic E-state index is -0.762. The standard InChI is InChI=1S/C44H84O6/c1-7-40(6)32-26-20-16-17-22-28-34-43(46)49-37-41(50-44(47)35-29-23-15-11-9-13-19-25-31-39(4)5)36-48-42(45)33-27-21-14-10-8-12-18-24-30-38(2)3/h38-41H,7-37H2,1-6H3/t40?,41-/m1/s1. The second-order valence-corrected chi connectivity index (χ2v) is 16.2. The molecule has 0 aliphatic rings. The van der Waals surface area contributed by atoms with Crippen LogP contribution in [0, 0.1) is 17.8 Å². The molecule has 0 amide bonds. The van der Waals surface area contributed by atoms with Gasteiger partial charge in [0.1, 0.15) is 13.2 Å².